The van der Waals surface area contributed by atoms with Gasteiger partial charge >= 0.3 is 11.7 Å². The lowest BCUT2D eigenvalue weighted by atomic mass is 9.32. The van der Waals surface area contributed by atoms with Crippen LogP contribution in [0.2, 0.25) is 0 Å². The van der Waals surface area contributed by atoms with E-state index in [-0.39, 0.29) is 50.6 Å². The van der Waals surface area contributed by atoms with E-state index in [0.717, 1.165) is 76.0 Å². The Balaban J connectivity index is 1.30. The van der Waals surface area contributed by atoms with Crippen molar-refractivity contribution in [3.63, 3.8) is 0 Å². The molecule has 0 saturated heterocycles. The van der Waals surface area contributed by atoms with Gasteiger partial charge in [-0.1, -0.05) is 46.8 Å². The maximum absolute atomic E-state index is 13.5. The van der Waals surface area contributed by atoms with Gasteiger partial charge in [0.25, 0.3) is 5.69 Å². The molecule has 1 aromatic carbocycles. The summed E-state index contributed by atoms with van der Waals surface area (Å²) < 4.78 is 5.52. The average Bonchev–Trinajstić information content (AvgIpc) is 3.41. The van der Waals surface area contributed by atoms with Gasteiger partial charge in [-0.3, -0.25) is 30.4 Å². The summed E-state index contributed by atoms with van der Waals surface area (Å²) >= 11 is 0. The zero-order valence-corrected chi connectivity index (χ0v) is 29.2. The number of esters is 1. The quantitative estimate of drug-likeness (QED) is 0.141. The third-order valence-electron chi connectivity index (χ3n) is 15.1. The zero-order valence-electron chi connectivity index (χ0n) is 29.2. The number of nitro benzene ring substituents is 2. The van der Waals surface area contributed by atoms with Crippen molar-refractivity contribution in [2.45, 2.75) is 106 Å². The second-order valence-electron chi connectivity index (χ2n) is 16.9. The van der Waals surface area contributed by atoms with Crippen molar-refractivity contribution in [3.8, 4) is 0 Å². The summed E-state index contributed by atoms with van der Waals surface area (Å²) in [7, 11) is 1.56. The van der Waals surface area contributed by atoms with Gasteiger partial charge in [0.05, 0.1) is 28.4 Å². The Bertz CT molecular complexity index is 1550. The van der Waals surface area contributed by atoms with Gasteiger partial charge in [-0.15, -0.1) is 0 Å². The smallest absolute Gasteiger partial charge is 0.312 e. The fourth-order valence-electron chi connectivity index (χ4n) is 12.7. The first kappa shape index (κ1) is 33.6. The second-order valence-corrected chi connectivity index (χ2v) is 16.9. The van der Waals surface area contributed by atoms with E-state index in [0.29, 0.717) is 23.7 Å². The first-order valence-corrected chi connectivity index (χ1v) is 17.5. The van der Waals surface area contributed by atoms with E-state index >= 15 is 0 Å². The van der Waals surface area contributed by atoms with Crippen LogP contribution in [0.1, 0.15) is 106 Å². The van der Waals surface area contributed by atoms with Crippen LogP contribution in [0.25, 0.3) is 0 Å². The van der Waals surface area contributed by atoms with Crippen LogP contribution >= 0.6 is 0 Å². The highest BCUT2D eigenvalue weighted by Crippen LogP contribution is 2.77. The number of non-ortho nitro benzene ring substituents is 1. The number of carbonyl (C=O) groups is 1. The van der Waals surface area contributed by atoms with Crippen molar-refractivity contribution in [3.05, 3.63) is 50.6 Å². The van der Waals surface area contributed by atoms with Gasteiger partial charge in [-0.2, -0.15) is 5.10 Å². The number of hydrogen-bond donors (Lipinski definition) is 1. The summed E-state index contributed by atoms with van der Waals surface area (Å²) in [5.41, 5.74) is 4.31. The number of hydrazone groups is 1. The third-order valence-corrected chi connectivity index (χ3v) is 15.1. The summed E-state index contributed by atoms with van der Waals surface area (Å²) in [6.45, 7) is 18.8. The van der Waals surface area contributed by atoms with E-state index in [1.54, 1.807) is 7.11 Å². The molecule has 5 aliphatic carbocycles. The number of rotatable bonds is 6. The van der Waals surface area contributed by atoms with Crippen molar-refractivity contribution < 1.29 is 19.4 Å². The highest BCUT2D eigenvalue weighted by atomic mass is 16.6. The largest absolute Gasteiger partial charge is 0.469 e. The first-order chi connectivity index (χ1) is 22.0. The minimum Gasteiger partial charge on any atom is -0.469 e. The summed E-state index contributed by atoms with van der Waals surface area (Å²) in [5, 5.41) is 27.7. The highest BCUT2D eigenvalue weighted by Gasteiger charge is 2.72. The lowest BCUT2D eigenvalue weighted by molar-refractivity contribution is -0.393. The van der Waals surface area contributed by atoms with Crippen LogP contribution in [0.15, 0.2) is 35.5 Å². The fourth-order valence-corrected chi connectivity index (χ4v) is 12.7. The minimum absolute atomic E-state index is 0.00948. The summed E-state index contributed by atoms with van der Waals surface area (Å²) in [4.78, 5) is 35.2. The van der Waals surface area contributed by atoms with E-state index in [4.69, 9.17) is 9.84 Å². The van der Waals surface area contributed by atoms with Crippen LogP contribution in [0.5, 0.6) is 0 Å². The predicted octanol–water partition coefficient (Wildman–Crippen LogP) is 9.10. The second kappa shape index (κ2) is 11.1. The van der Waals surface area contributed by atoms with Crippen molar-refractivity contribution in [1.82, 2.24) is 0 Å². The van der Waals surface area contributed by atoms with E-state index in [1.807, 2.05) is 0 Å². The van der Waals surface area contributed by atoms with Gasteiger partial charge in [0.2, 0.25) is 0 Å². The molecule has 0 unspecified atom stereocenters. The van der Waals surface area contributed by atoms with Crippen LogP contribution in [-0.2, 0) is 9.53 Å². The molecule has 10 heteroatoms. The Morgan fingerprint density at radius 2 is 1.66 bits per heavy atom. The number of nitro groups is 2. The molecule has 5 saturated carbocycles. The lowest BCUT2D eigenvalue weighted by Gasteiger charge is -2.72. The number of benzene rings is 1. The number of anilines is 1. The number of ether oxygens (including phenoxy) is 1. The molecule has 9 atom stereocenters. The minimum atomic E-state index is -0.631. The predicted molar refractivity (Wildman–Crippen MR) is 182 cm³/mol. The molecule has 0 aromatic heterocycles. The third kappa shape index (κ3) is 4.62. The van der Waals surface area contributed by atoms with Crippen LogP contribution in [0.4, 0.5) is 17.1 Å². The molecule has 0 heterocycles. The van der Waals surface area contributed by atoms with Crippen molar-refractivity contribution in [1.29, 1.82) is 0 Å². The number of carbonyl (C=O) groups excluding carboxylic acids is 1. The molecule has 0 aliphatic heterocycles. The Morgan fingerprint density at radius 1 is 0.936 bits per heavy atom. The standard InChI is InChI=1S/C37H52N4O6/c1-22(2)24-13-18-37(32(42)47-8)20-19-35(6)25(31(24)37)10-12-29-34(5)16-15-30(33(3,4)28(34)14-17-36(29,35)7)39-38-26-11-9-23(40(43)44)21-27(26)41(45)46/h9,11,21,24-25,28-29,31,38H,1,10,12-20H2,2-8H3/b39-30+/t24-,25+,28-,29+,31+,34-,35+,36+,37-/m0/s1. The monoisotopic (exact) mass is 648 g/mol. The molecule has 10 nitrogen and oxygen atoms in total. The molecule has 0 spiro atoms. The topological polar surface area (TPSA) is 137 Å². The van der Waals surface area contributed by atoms with E-state index in [1.165, 1.54) is 17.7 Å². The number of fused-ring (bicyclic) bond motifs is 7. The number of allylic oxidation sites excluding steroid dienone is 1. The average molecular weight is 649 g/mol. The highest BCUT2D eigenvalue weighted by molar-refractivity contribution is 5.91. The molecular formula is C37H52N4O6. The summed E-state index contributed by atoms with van der Waals surface area (Å²) in [5.74, 6) is 2.01. The maximum atomic E-state index is 13.5. The zero-order chi connectivity index (χ0) is 34.3. The molecular weight excluding hydrogens is 596 g/mol. The lowest BCUT2D eigenvalue weighted by Crippen LogP contribution is -2.66. The Labute approximate surface area is 278 Å². The molecule has 0 amide bonds. The van der Waals surface area contributed by atoms with Crippen LogP contribution in [0.3, 0.4) is 0 Å². The van der Waals surface area contributed by atoms with Gasteiger partial charge in [-0.05, 0) is 123 Å². The number of nitrogens with zero attached hydrogens (tertiary/aromatic N) is 3. The molecule has 6 rings (SSSR count). The van der Waals surface area contributed by atoms with Gasteiger partial charge < -0.3 is 4.74 Å². The van der Waals surface area contributed by atoms with Gasteiger partial charge in [0.1, 0.15) is 5.69 Å². The summed E-state index contributed by atoms with van der Waals surface area (Å²) in [6.07, 6.45) is 10.1. The van der Waals surface area contributed by atoms with Gasteiger partial charge in [0, 0.05) is 17.2 Å². The van der Waals surface area contributed by atoms with Gasteiger partial charge in [0.15, 0.2) is 0 Å². The van der Waals surface area contributed by atoms with Crippen LogP contribution in [0, 0.1) is 76.9 Å². The number of methoxy groups -OCH3 is 1. The molecule has 1 aromatic rings. The fraction of sp³-hybridized carbons (Fsp3) is 0.730. The van der Waals surface area contributed by atoms with Gasteiger partial charge in [-0.25, -0.2) is 0 Å². The van der Waals surface area contributed by atoms with Crippen LogP contribution < -0.4 is 5.43 Å². The number of hydrogen-bond acceptors (Lipinski definition) is 8. The van der Waals surface area contributed by atoms with E-state index in [9.17, 15) is 25.0 Å². The molecule has 1 N–H and O–H groups in total. The Hall–Kier alpha value is -3.30. The molecule has 256 valence electrons. The summed E-state index contributed by atoms with van der Waals surface area (Å²) in [6, 6.07) is 3.62. The van der Waals surface area contributed by atoms with Crippen LogP contribution in [-0.4, -0.2) is 28.6 Å². The molecule has 5 aliphatic rings. The Morgan fingerprint density at radius 3 is 2.30 bits per heavy atom. The SMILES string of the molecule is C=C(C)[C@@H]1CC[C@]2(C(=O)OC)CC[C@]3(C)[C@H](CC[C@@H]4[C@@]5(C)CC/C(=N\Nc6ccc([N+](=O)[O-])cc6[N+](=O)[O-])C(C)(C)[C@@H]5CC[C@]43C)[C@@H]12. The number of nitrogens with one attached hydrogen (secondary N) is 1. The van der Waals surface area contributed by atoms with E-state index in [2.05, 4.69) is 53.5 Å². The normalized spacial score (nSPS) is 41.1. The first-order valence-electron chi connectivity index (χ1n) is 17.5. The molecule has 0 bridgehead atoms. The Kier molecular flexibility index (Phi) is 7.95. The van der Waals surface area contributed by atoms with Crippen molar-refractivity contribution in [2.75, 3.05) is 12.5 Å². The molecule has 47 heavy (non-hydrogen) atoms. The van der Waals surface area contributed by atoms with E-state index < -0.39 is 15.3 Å². The molecule has 5 fully saturated rings. The van der Waals surface area contributed by atoms with Crippen molar-refractivity contribution in [2.24, 2.45) is 61.8 Å². The van der Waals surface area contributed by atoms with Crippen molar-refractivity contribution >= 4 is 28.7 Å². The maximum Gasteiger partial charge on any atom is 0.312 e. The molecule has 0 radical (unpaired) electrons.